The van der Waals surface area contributed by atoms with Gasteiger partial charge in [0.25, 0.3) is 5.91 Å². The topological polar surface area (TPSA) is 81.7 Å². The number of amides is 1. The lowest BCUT2D eigenvalue weighted by molar-refractivity contribution is -0.123. The Morgan fingerprint density at radius 3 is 2.36 bits per heavy atom. The Bertz CT molecular complexity index is 800. The van der Waals surface area contributed by atoms with Crippen molar-refractivity contribution in [3.8, 4) is 5.75 Å². The lowest BCUT2D eigenvalue weighted by atomic mass is 10.1. The Morgan fingerprint density at radius 2 is 1.68 bits per heavy atom. The van der Waals surface area contributed by atoms with E-state index in [0.29, 0.717) is 17.0 Å². The van der Waals surface area contributed by atoms with Gasteiger partial charge >= 0.3 is 5.97 Å². The van der Waals surface area contributed by atoms with Gasteiger partial charge in [0, 0.05) is 11.3 Å². The fraction of sp³-hybridized carbons (Fsp3) is 0.211. The molecule has 0 unspecified atom stereocenters. The van der Waals surface area contributed by atoms with Gasteiger partial charge in [-0.2, -0.15) is 0 Å². The predicted molar refractivity (Wildman–Crippen MR) is 92.9 cm³/mol. The summed E-state index contributed by atoms with van der Waals surface area (Å²) < 4.78 is 10.2. The molecule has 0 heterocycles. The molecule has 25 heavy (non-hydrogen) atoms. The SMILES string of the molecule is COc1cccc(C(=O)O[C@H](C)C(=O)Nc2cccc(C(C)=O)c2)c1. The van der Waals surface area contributed by atoms with E-state index in [-0.39, 0.29) is 11.3 Å². The number of methoxy groups -OCH3 is 1. The molecule has 1 amide bonds. The number of rotatable bonds is 6. The summed E-state index contributed by atoms with van der Waals surface area (Å²) in [6.07, 6.45) is -1.00. The molecule has 0 aliphatic rings. The van der Waals surface area contributed by atoms with E-state index < -0.39 is 18.0 Å². The van der Waals surface area contributed by atoms with Crippen LogP contribution in [0.4, 0.5) is 5.69 Å². The molecule has 2 rings (SSSR count). The molecule has 0 spiro atoms. The minimum absolute atomic E-state index is 0.103. The summed E-state index contributed by atoms with van der Waals surface area (Å²) in [5.74, 6) is -0.697. The van der Waals surface area contributed by atoms with Gasteiger partial charge < -0.3 is 14.8 Å². The van der Waals surface area contributed by atoms with Gasteiger partial charge in [0.2, 0.25) is 0 Å². The average Bonchev–Trinajstić information content (AvgIpc) is 2.61. The number of benzene rings is 2. The summed E-state index contributed by atoms with van der Waals surface area (Å²) in [6, 6.07) is 13.0. The van der Waals surface area contributed by atoms with Gasteiger partial charge in [-0.3, -0.25) is 9.59 Å². The number of esters is 1. The van der Waals surface area contributed by atoms with Crippen molar-refractivity contribution in [2.24, 2.45) is 0 Å². The van der Waals surface area contributed by atoms with E-state index in [4.69, 9.17) is 9.47 Å². The van der Waals surface area contributed by atoms with Crippen molar-refractivity contribution in [3.05, 3.63) is 59.7 Å². The molecule has 1 N–H and O–H groups in total. The van der Waals surface area contributed by atoms with Gasteiger partial charge in [0.15, 0.2) is 11.9 Å². The highest BCUT2D eigenvalue weighted by Gasteiger charge is 2.19. The number of Topliss-reactive ketones (excluding diaryl/α,β-unsaturated/α-hetero) is 1. The van der Waals surface area contributed by atoms with Gasteiger partial charge in [-0.25, -0.2) is 4.79 Å². The maximum Gasteiger partial charge on any atom is 0.339 e. The van der Waals surface area contributed by atoms with Crippen LogP contribution in [0.3, 0.4) is 0 Å². The third-order valence-electron chi connectivity index (χ3n) is 3.50. The van der Waals surface area contributed by atoms with Gasteiger partial charge in [-0.15, -0.1) is 0 Å². The largest absolute Gasteiger partial charge is 0.497 e. The number of carbonyl (C=O) groups excluding carboxylic acids is 3. The summed E-state index contributed by atoms with van der Waals surface area (Å²) in [5, 5.41) is 2.62. The van der Waals surface area contributed by atoms with Crippen LogP contribution >= 0.6 is 0 Å². The molecule has 0 aliphatic heterocycles. The highest BCUT2D eigenvalue weighted by Crippen LogP contribution is 2.15. The van der Waals surface area contributed by atoms with Gasteiger partial charge in [-0.1, -0.05) is 18.2 Å². The van der Waals surface area contributed by atoms with E-state index in [1.165, 1.54) is 27.0 Å². The van der Waals surface area contributed by atoms with Crippen molar-refractivity contribution in [1.29, 1.82) is 0 Å². The summed E-state index contributed by atoms with van der Waals surface area (Å²) in [7, 11) is 1.50. The van der Waals surface area contributed by atoms with Crippen molar-refractivity contribution >= 4 is 23.3 Å². The maximum absolute atomic E-state index is 12.2. The van der Waals surface area contributed by atoms with E-state index in [0.717, 1.165) is 0 Å². The lowest BCUT2D eigenvalue weighted by Gasteiger charge is -2.14. The third-order valence-corrected chi connectivity index (χ3v) is 3.50. The number of hydrogen-bond donors (Lipinski definition) is 1. The van der Waals surface area contributed by atoms with Crippen LogP contribution in [0.1, 0.15) is 34.6 Å². The van der Waals surface area contributed by atoms with Crippen molar-refractivity contribution in [2.75, 3.05) is 12.4 Å². The quantitative estimate of drug-likeness (QED) is 0.645. The summed E-state index contributed by atoms with van der Waals surface area (Å²) in [5.41, 5.74) is 1.23. The number of ether oxygens (including phenoxy) is 2. The van der Waals surface area contributed by atoms with E-state index >= 15 is 0 Å². The predicted octanol–water partition coefficient (Wildman–Crippen LogP) is 3.08. The van der Waals surface area contributed by atoms with Crippen LogP contribution < -0.4 is 10.1 Å². The standard InChI is InChI=1S/C19H19NO5/c1-12(21)14-6-4-8-16(10-14)20-18(22)13(2)25-19(23)15-7-5-9-17(11-15)24-3/h4-11,13H,1-3H3,(H,20,22)/t13-/m1/s1. The Hall–Kier alpha value is -3.15. The van der Waals surface area contributed by atoms with Crippen LogP contribution in [0.15, 0.2) is 48.5 Å². The highest BCUT2D eigenvalue weighted by molar-refractivity contribution is 5.99. The third kappa shape index (κ3) is 4.91. The number of carbonyl (C=O) groups is 3. The van der Waals surface area contributed by atoms with Crippen molar-refractivity contribution in [2.45, 2.75) is 20.0 Å². The van der Waals surface area contributed by atoms with Crippen LogP contribution in [0, 0.1) is 0 Å². The van der Waals surface area contributed by atoms with Crippen molar-refractivity contribution < 1.29 is 23.9 Å². The highest BCUT2D eigenvalue weighted by atomic mass is 16.5. The summed E-state index contributed by atoms with van der Waals surface area (Å²) >= 11 is 0. The molecule has 6 heteroatoms. The van der Waals surface area contributed by atoms with Crippen LogP contribution in [-0.4, -0.2) is 30.9 Å². The molecule has 2 aromatic carbocycles. The van der Waals surface area contributed by atoms with Crippen LogP contribution in [-0.2, 0) is 9.53 Å². The molecule has 130 valence electrons. The normalized spacial score (nSPS) is 11.3. The number of anilines is 1. The molecular formula is C19H19NO5. The maximum atomic E-state index is 12.2. The molecule has 0 aromatic heterocycles. The van der Waals surface area contributed by atoms with E-state index in [1.54, 1.807) is 42.5 Å². The second kappa shape index (κ2) is 8.10. The number of hydrogen-bond acceptors (Lipinski definition) is 5. The first kappa shape index (κ1) is 18.2. The molecular weight excluding hydrogens is 322 g/mol. The summed E-state index contributed by atoms with van der Waals surface area (Å²) in [6.45, 7) is 2.92. The first-order chi connectivity index (χ1) is 11.9. The molecule has 0 aliphatic carbocycles. The monoisotopic (exact) mass is 341 g/mol. The van der Waals surface area contributed by atoms with Crippen molar-refractivity contribution in [3.63, 3.8) is 0 Å². The van der Waals surface area contributed by atoms with Gasteiger partial charge in [0.05, 0.1) is 12.7 Å². The zero-order chi connectivity index (χ0) is 18.4. The lowest BCUT2D eigenvalue weighted by Crippen LogP contribution is -2.30. The molecule has 2 aromatic rings. The molecule has 0 radical (unpaired) electrons. The average molecular weight is 341 g/mol. The van der Waals surface area contributed by atoms with Gasteiger partial charge in [-0.05, 0) is 44.2 Å². The second-order valence-corrected chi connectivity index (χ2v) is 5.41. The first-order valence-corrected chi connectivity index (χ1v) is 7.67. The van der Waals surface area contributed by atoms with Gasteiger partial charge in [0.1, 0.15) is 5.75 Å². The minimum atomic E-state index is -1.00. The Kier molecular flexibility index (Phi) is 5.89. The smallest absolute Gasteiger partial charge is 0.339 e. The Labute approximate surface area is 145 Å². The molecule has 0 bridgehead atoms. The van der Waals surface area contributed by atoms with Crippen molar-refractivity contribution in [1.82, 2.24) is 0 Å². The molecule has 1 atom stereocenters. The van der Waals surface area contributed by atoms with E-state index in [9.17, 15) is 14.4 Å². The first-order valence-electron chi connectivity index (χ1n) is 7.67. The van der Waals surface area contributed by atoms with Crippen LogP contribution in [0.25, 0.3) is 0 Å². The second-order valence-electron chi connectivity index (χ2n) is 5.41. The van der Waals surface area contributed by atoms with Crippen LogP contribution in [0.2, 0.25) is 0 Å². The Balaban J connectivity index is 2.01. The molecule has 0 fully saturated rings. The van der Waals surface area contributed by atoms with Crippen LogP contribution in [0.5, 0.6) is 5.75 Å². The molecule has 0 saturated heterocycles. The van der Waals surface area contributed by atoms with E-state index in [1.807, 2.05) is 0 Å². The summed E-state index contributed by atoms with van der Waals surface area (Å²) in [4.78, 5) is 35.7. The minimum Gasteiger partial charge on any atom is -0.497 e. The Morgan fingerprint density at radius 1 is 1.00 bits per heavy atom. The number of nitrogens with one attached hydrogen (secondary N) is 1. The zero-order valence-electron chi connectivity index (χ0n) is 14.2. The molecule has 0 saturated carbocycles. The fourth-order valence-corrected chi connectivity index (χ4v) is 2.09. The molecule has 6 nitrogen and oxygen atoms in total. The van der Waals surface area contributed by atoms with E-state index in [2.05, 4.69) is 5.32 Å². The fourth-order valence-electron chi connectivity index (χ4n) is 2.09. The number of ketones is 1. The zero-order valence-corrected chi connectivity index (χ0v) is 14.2.